The molecule has 0 unspecified atom stereocenters. The number of nitrogens with zero attached hydrogens (tertiary/aromatic N) is 1. The summed E-state index contributed by atoms with van der Waals surface area (Å²) in [4.78, 5) is 39.7. The number of aromatic nitrogens is 2. The third-order valence-corrected chi connectivity index (χ3v) is 7.46. The van der Waals surface area contributed by atoms with E-state index >= 15 is 0 Å². The number of esters is 1. The summed E-state index contributed by atoms with van der Waals surface area (Å²) in [5.41, 5.74) is -1.90. The van der Waals surface area contributed by atoms with E-state index in [-0.39, 0.29) is 6.61 Å². The molecule has 0 aliphatic carbocycles. The molecule has 0 radical (unpaired) electrons. The van der Waals surface area contributed by atoms with Crippen molar-refractivity contribution >= 4 is 13.6 Å². The molecule has 0 bridgehead atoms. The quantitative estimate of drug-likeness (QED) is 0.421. The predicted octanol–water partition coefficient (Wildman–Crippen LogP) is 2.42. The highest BCUT2D eigenvalue weighted by molar-refractivity contribution is 7.57. The van der Waals surface area contributed by atoms with E-state index < -0.39 is 48.7 Å². The first-order valence-corrected chi connectivity index (χ1v) is 12.3. The number of benzene rings is 1. The molecule has 11 nitrogen and oxygen atoms in total. The Hall–Kier alpha value is -2.82. The van der Waals surface area contributed by atoms with Gasteiger partial charge in [0, 0.05) is 38.9 Å². The number of carbonyl (C=O) groups excluding carboxylic acids is 1. The van der Waals surface area contributed by atoms with Gasteiger partial charge >= 0.3 is 19.3 Å². The summed E-state index contributed by atoms with van der Waals surface area (Å²) < 4.78 is 41.6. The molecular weight excluding hydrogens is 479 g/mol. The van der Waals surface area contributed by atoms with Gasteiger partial charge < -0.3 is 23.3 Å². The molecule has 2 heterocycles. The van der Waals surface area contributed by atoms with Crippen molar-refractivity contribution in [2.45, 2.75) is 37.7 Å². The lowest BCUT2D eigenvalue weighted by molar-refractivity contribution is -0.197. The fourth-order valence-electron chi connectivity index (χ4n) is 3.84. The summed E-state index contributed by atoms with van der Waals surface area (Å²) in [6.45, 7) is 3.15. The van der Waals surface area contributed by atoms with Crippen molar-refractivity contribution in [3.63, 3.8) is 0 Å². The standard InChI is InChI=1S/C23H29N2O9P/c1-15-13-25(22(28)24-20(15)26)17-14-33-23(2,11-12-35(29,31-4)32-5)19(18(17)30-3)34-21(27)16-9-7-6-8-10-16/h6-13,17-19H,14H2,1-5H3,(H,24,26,28)/b12-11+/t17-,18+,19+,23-/m1/s1. The molecule has 35 heavy (non-hydrogen) atoms. The first kappa shape index (κ1) is 26.8. The fraction of sp³-hybridized carbons (Fsp3) is 0.435. The smallest absolute Gasteiger partial charge is 0.353 e. The third kappa shape index (κ3) is 5.71. The molecule has 3 rings (SSSR count). The molecule has 12 heteroatoms. The van der Waals surface area contributed by atoms with Crippen LogP contribution in [0.1, 0.15) is 28.9 Å². The zero-order valence-corrected chi connectivity index (χ0v) is 21.0. The van der Waals surface area contributed by atoms with Gasteiger partial charge in [0.25, 0.3) is 5.56 Å². The summed E-state index contributed by atoms with van der Waals surface area (Å²) in [5.74, 6) is 0.577. The van der Waals surface area contributed by atoms with Crippen LogP contribution in [0.3, 0.4) is 0 Å². The maximum atomic E-state index is 13.0. The van der Waals surface area contributed by atoms with Crippen molar-refractivity contribution in [3.05, 3.63) is 80.4 Å². The van der Waals surface area contributed by atoms with E-state index in [4.69, 9.17) is 23.3 Å². The summed E-state index contributed by atoms with van der Waals surface area (Å²) in [5, 5.41) is 0. The summed E-state index contributed by atoms with van der Waals surface area (Å²) in [7, 11) is 0.326. The molecule has 0 amide bonds. The molecule has 1 aliphatic rings. The zero-order chi connectivity index (χ0) is 25.8. The van der Waals surface area contributed by atoms with Gasteiger partial charge in [-0.25, -0.2) is 9.59 Å². The van der Waals surface area contributed by atoms with Gasteiger partial charge in [0.15, 0.2) is 6.10 Å². The van der Waals surface area contributed by atoms with Gasteiger partial charge in [0.05, 0.1) is 18.2 Å². The SMILES string of the molecule is CO[C@H]1[C@H](n2cc(C)c(=O)[nH]c2=O)CO[C@](C)(/C=C/P(=O)(OC)OC)[C@H]1OC(=O)c1ccccc1. The van der Waals surface area contributed by atoms with Crippen LogP contribution in [0.2, 0.25) is 0 Å². The minimum Gasteiger partial charge on any atom is -0.452 e. The molecule has 1 aliphatic heterocycles. The van der Waals surface area contributed by atoms with Crippen molar-refractivity contribution in [3.8, 4) is 0 Å². The Kier molecular flexibility index (Phi) is 8.30. The van der Waals surface area contributed by atoms with Crippen molar-refractivity contribution in [1.29, 1.82) is 0 Å². The second-order valence-electron chi connectivity index (χ2n) is 8.15. The number of aryl methyl sites for hydroxylation is 1. The molecule has 4 atom stereocenters. The molecule has 1 N–H and O–H groups in total. The van der Waals surface area contributed by atoms with Crippen LogP contribution in [0, 0.1) is 6.92 Å². The lowest BCUT2D eigenvalue weighted by Gasteiger charge is -2.46. The number of carbonyl (C=O) groups is 1. The summed E-state index contributed by atoms with van der Waals surface area (Å²) in [6.07, 6.45) is 0.849. The number of H-pyrrole nitrogens is 1. The van der Waals surface area contributed by atoms with Crippen LogP contribution in [0.4, 0.5) is 0 Å². The molecule has 2 aromatic rings. The Morgan fingerprint density at radius 2 is 1.86 bits per heavy atom. The molecule has 1 aromatic heterocycles. The van der Waals surface area contributed by atoms with E-state index in [0.29, 0.717) is 11.1 Å². The van der Waals surface area contributed by atoms with Gasteiger partial charge in [-0.3, -0.25) is 18.9 Å². The Morgan fingerprint density at radius 1 is 1.20 bits per heavy atom. The Morgan fingerprint density at radius 3 is 2.46 bits per heavy atom. The van der Waals surface area contributed by atoms with E-state index in [1.54, 1.807) is 44.2 Å². The number of rotatable bonds is 8. The van der Waals surface area contributed by atoms with Crippen molar-refractivity contribution in [2.24, 2.45) is 0 Å². The van der Waals surface area contributed by atoms with E-state index in [9.17, 15) is 18.9 Å². The normalized spacial score (nSPS) is 25.0. The number of nitrogens with one attached hydrogen (secondary N) is 1. The fourth-order valence-corrected chi connectivity index (χ4v) is 4.71. The lowest BCUT2D eigenvalue weighted by atomic mass is 9.87. The van der Waals surface area contributed by atoms with Crippen LogP contribution in [-0.2, 0) is 27.8 Å². The van der Waals surface area contributed by atoms with Crippen LogP contribution in [0.5, 0.6) is 0 Å². The average Bonchev–Trinajstić information content (AvgIpc) is 2.86. The van der Waals surface area contributed by atoms with Gasteiger partial charge in [0.1, 0.15) is 11.7 Å². The van der Waals surface area contributed by atoms with Crippen LogP contribution < -0.4 is 11.2 Å². The second-order valence-corrected chi connectivity index (χ2v) is 10.3. The number of methoxy groups -OCH3 is 1. The van der Waals surface area contributed by atoms with E-state index in [1.165, 1.54) is 44.0 Å². The van der Waals surface area contributed by atoms with Gasteiger partial charge in [-0.1, -0.05) is 18.2 Å². The van der Waals surface area contributed by atoms with Gasteiger partial charge in [-0.2, -0.15) is 0 Å². The van der Waals surface area contributed by atoms with Crippen molar-refractivity contribution < 1.29 is 32.6 Å². The largest absolute Gasteiger partial charge is 0.452 e. The average molecular weight is 508 g/mol. The molecule has 190 valence electrons. The van der Waals surface area contributed by atoms with E-state index in [0.717, 1.165) is 0 Å². The topological polar surface area (TPSA) is 135 Å². The predicted molar refractivity (Wildman–Crippen MR) is 127 cm³/mol. The number of ether oxygens (including phenoxy) is 3. The lowest BCUT2D eigenvalue weighted by Crippen LogP contribution is -2.60. The monoisotopic (exact) mass is 508 g/mol. The molecule has 1 aromatic carbocycles. The maximum Gasteiger partial charge on any atom is 0.353 e. The number of hydrogen-bond donors (Lipinski definition) is 1. The Bertz CT molecular complexity index is 1230. The molecule has 0 saturated carbocycles. The molecule has 0 spiro atoms. The first-order chi connectivity index (χ1) is 16.6. The Labute approximate surface area is 202 Å². The number of hydrogen-bond acceptors (Lipinski definition) is 9. The van der Waals surface area contributed by atoms with Crippen LogP contribution in [0.15, 0.2) is 58.0 Å². The summed E-state index contributed by atoms with van der Waals surface area (Å²) >= 11 is 0. The highest BCUT2D eigenvalue weighted by atomic mass is 31.2. The number of aromatic amines is 1. The highest BCUT2D eigenvalue weighted by Crippen LogP contribution is 2.49. The minimum absolute atomic E-state index is 0.0472. The zero-order valence-electron chi connectivity index (χ0n) is 20.1. The third-order valence-electron chi connectivity index (χ3n) is 5.92. The van der Waals surface area contributed by atoms with E-state index in [1.807, 2.05) is 0 Å². The van der Waals surface area contributed by atoms with Crippen LogP contribution >= 0.6 is 7.60 Å². The van der Waals surface area contributed by atoms with E-state index in [2.05, 4.69) is 4.98 Å². The molecule has 1 saturated heterocycles. The van der Waals surface area contributed by atoms with Gasteiger partial charge in [-0.15, -0.1) is 0 Å². The Balaban J connectivity index is 2.07. The highest BCUT2D eigenvalue weighted by Gasteiger charge is 2.51. The molecule has 1 fully saturated rings. The first-order valence-electron chi connectivity index (χ1n) is 10.7. The maximum absolute atomic E-state index is 13.0. The van der Waals surface area contributed by atoms with Gasteiger partial charge in [0.2, 0.25) is 0 Å². The van der Waals surface area contributed by atoms with Crippen molar-refractivity contribution in [2.75, 3.05) is 27.9 Å². The second kappa shape index (κ2) is 10.8. The van der Waals surface area contributed by atoms with Gasteiger partial charge in [-0.05, 0) is 32.1 Å². The van der Waals surface area contributed by atoms with Crippen LogP contribution in [-0.4, -0.2) is 61.3 Å². The summed E-state index contributed by atoms with van der Waals surface area (Å²) in [6, 6.07) is 7.59. The van der Waals surface area contributed by atoms with Crippen molar-refractivity contribution in [1.82, 2.24) is 9.55 Å². The molecular formula is C23H29N2O9P. The van der Waals surface area contributed by atoms with Crippen LogP contribution in [0.25, 0.3) is 0 Å². The minimum atomic E-state index is -3.57.